The lowest BCUT2D eigenvalue weighted by Gasteiger charge is -2.23. The molecule has 0 heterocycles. The van der Waals surface area contributed by atoms with Gasteiger partial charge in [-0.05, 0) is 38.8 Å². The molecule has 2 rings (SSSR count). The highest BCUT2D eigenvalue weighted by molar-refractivity contribution is 6.07. The Morgan fingerprint density at radius 3 is 2.12 bits per heavy atom. The lowest BCUT2D eigenvalue weighted by Crippen LogP contribution is -2.45. The van der Waals surface area contributed by atoms with Crippen LogP contribution in [0, 0.1) is 0 Å². The Labute approximate surface area is 194 Å². The SMILES string of the molecule is CCOC(=O)[C@H](C/C(=N/C(=O)OCc1ccccc1)c1ccccc1)NC(=O)OC(C)(C)C. The molecule has 1 atom stereocenters. The van der Waals surface area contributed by atoms with Crippen molar-refractivity contribution in [3.8, 4) is 0 Å². The van der Waals surface area contributed by atoms with Gasteiger partial charge in [-0.25, -0.2) is 14.4 Å². The monoisotopic (exact) mass is 454 g/mol. The third-order valence-electron chi connectivity index (χ3n) is 4.20. The predicted octanol–water partition coefficient (Wildman–Crippen LogP) is 4.66. The van der Waals surface area contributed by atoms with E-state index in [0.717, 1.165) is 5.56 Å². The Morgan fingerprint density at radius 1 is 0.939 bits per heavy atom. The lowest BCUT2D eigenvalue weighted by molar-refractivity contribution is -0.145. The number of alkyl carbamates (subject to hydrolysis) is 1. The highest BCUT2D eigenvalue weighted by atomic mass is 16.6. The number of hydrogen-bond acceptors (Lipinski definition) is 6. The van der Waals surface area contributed by atoms with Crippen LogP contribution < -0.4 is 5.32 Å². The van der Waals surface area contributed by atoms with E-state index in [1.165, 1.54) is 0 Å². The fourth-order valence-electron chi connectivity index (χ4n) is 2.80. The molecule has 2 amide bonds. The van der Waals surface area contributed by atoms with Crippen LogP contribution in [0.1, 0.15) is 45.2 Å². The Morgan fingerprint density at radius 2 is 1.55 bits per heavy atom. The summed E-state index contributed by atoms with van der Waals surface area (Å²) >= 11 is 0. The molecule has 0 aliphatic rings. The standard InChI is InChI=1S/C25H30N2O6/c1-5-31-22(28)21(27-24(30)33-25(2,3)4)16-20(19-14-10-7-11-15-19)26-23(29)32-17-18-12-8-6-9-13-18/h6-15,21H,5,16-17H2,1-4H3,(H,27,30)/b26-20-/t21-/m0/s1. The molecule has 2 aromatic carbocycles. The Kier molecular flexibility index (Phi) is 9.60. The summed E-state index contributed by atoms with van der Waals surface area (Å²) in [6, 6.07) is 17.0. The minimum Gasteiger partial charge on any atom is -0.464 e. The maximum atomic E-state index is 12.5. The molecule has 0 saturated carbocycles. The summed E-state index contributed by atoms with van der Waals surface area (Å²) < 4.78 is 15.6. The summed E-state index contributed by atoms with van der Waals surface area (Å²) in [4.78, 5) is 41.4. The van der Waals surface area contributed by atoms with Gasteiger partial charge in [0, 0.05) is 6.42 Å². The van der Waals surface area contributed by atoms with Crippen molar-refractivity contribution >= 4 is 23.9 Å². The number of carbonyl (C=O) groups excluding carboxylic acids is 3. The summed E-state index contributed by atoms with van der Waals surface area (Å²) in [5.74, 6) is -0.662. The summed E-state index contributed by atoms with van der Waals surface area (Å²) in [5.41, 5.74) is 0.941. The molecule has 0 saturated heterocycles. The van der Waals surface area contributed by atoms with Crippen molar-refractivity contribution < 1.29 is 28.6 Å². The number of amides is 2. The van der Waals surface area contributed by atoms with Gasteiger partial charge in [0.25, 0.3) is 0 Å². The topological polar surface area (TPSA) is 103 Å². The minimum atomic E-state index is -1.11. The molecule has 0 aliphatic carbocycles. The first kappa shape index (κ1) is 25.6. The Hall–Kier alpha value is -3.68. The molecule has 0 bridgehead atoms. The Bertz CT molecular complexity index is 952. The minimum absolute atomic E-state index is 0.0582. The molecule has 1 N–H and O–H groups in total. The van der Waals surface area contributed by atoms with Crippen molar-refractivity contribution in [1.82, 2.24) is 5.32 Å². The van der Waals surface area contributed by atoms with Crippen LogP contribution in [-0.2, 0) is 25.6 Å². The van der Waals surface area contributed by atoms with Crippen LogP contribution in [0.5, 0.6) is 0 Å². The van der Waals surface area contributed by atoms with Crippen LogP contribution >= 0.6 is 0 Å². The van der Waals surface area contributed by atoms with E-state index in [0.29, 0.717) is 5.56 Å². The predicted molar refractivity (Wildman–Crippen MR) is 124 cm³/mol. The first-order valence-electron chi connectivity index (χ1n) is 10.7. The Balaban J connectivity index is 2.23. The third-order valence-corrected chi connectivity index (χ3v) is 4.20. The smallest absolute Gasteiger partial charge is 0.434 e. The van der Waals surface area contributed by atoms with Crippen LogP contribution in [0.25, 0.3) is 0 Å². The summed E-state index contributed by atoms with van der Waals surface area (Å²) in [6.07, 6.45) is -1.68. The van der Waals surface area contributed by atoms with Gasteiger partial charge < -0.3 is 19.5 Å². The normalized spacial score (nSPS) is 12.4. The third kappa shape index (κ3) is 9.55. The zero-order valence-corrected chi connectivity index (χ0v) is 19.4. The number of rotatable bonds is 8. The van der Waals surface area contributed by atoms with Crippen molar-refractivity contribution in [3.05, 3.63) is 71.8 Å². The number of benzene rings is 2. The summed E-state index contributed by atoms with van der Waals surface area (Å²) in [7, 11) is 0. The van der Waals surface area contributed by atoms with Crippen LogP contribution in [0.3, 0.4) is 0 Å². The van der Waals surface area contributed by atoms with Crippen LogP contribution in [-0.4, -0.2) is 42.1 Å². The van der Waals surface area contributed by atoms with Crippen LogP contribution in [0.2, 0.25) is 0 Å². The molecule has 8 nitrogen and oxygen atoms in total. The van der Waals surface area contributed by atoms with E-state index in [1.807, 2.05) is 36.4 Å². The number of nitrogens with zero attached hydrogens (tertiary/aromatic N) is 1. The fourth-order valence-corrected chi connectivity index (χ4v) is 2.80. The zero-order valence-electron chi connectivity index (χ0n) is 19.4. The fraction of sp³-hybridized carbons (Fsp3) is 0.360. The molecule has 0 spiro atoms. The zero-order chi connectivity index (χ0) is 24.3. The molecule has 0 aliphatic heterocycles. The molecule has 0 radical (unpaired) electrons. The number of nitrogens with one attached hydrogen (secondary N) is 1. The summed E-state index contributed by atoms with van der Waals surface area (Å²) in [5, 5.41) is 2.52. The van der Waals surface area contributed by atoms with Gasteiger partial charge in [0.15, 0.2) is 0 Å². The molecular formula is C25H30N2O6. The summed E-state index contributed by atoms with van der Waals surface area (Å²) in [6.45, 7) is 6.99. The second kappa shape index (κ2) is 12.4. The van der Waals surface area contributed by atoms with E-state index >= 15 is 0 Å². The van der Waals surface area contributed by atoms with Gasteiger partial charge in [0.1, 0.15) is 18.2 Å². The van der Waals surface area contributed by atoms with E-state index in [4.69, 9.17) is 14.2 Å². The van der Waals surface area contributed by atoms with E-state index < -0.39 is 29.8 Å². The van der Waals surface area contributed by atoms with Gasteiger partial charge in [-0.15, -0.1) is 0 Å². The average Bonchev–Trinajstić information content (AvgIpc) is 2.77. The molecule has 176 valence electrons. The molecule has 8 heteroatoms. The molecule has 0 unspecified atom stereocenters. The van der Waals surface area contributed by atoms with E-state index in [9.17, 15) is 14.4 Å². The maximum absolute atomic E-state index is 12.5. The highest BCUT2D eigenvalue weighted by Crippen LogP contribution is 2.12. The van der Waals surface area contributed by atoms with E-state index in [2.05, 4.69) is 10.3 Å². The van der Waals surface area contributed by atoms with Crippen molar-refractivity contribution in [3.63, 3.8) is 0 Å². The molecule has 0 fully saturated rings. The molecule has 33 heavy (non-hydrogen) atoms. The number of hydrogen-bond donors (Lipinski definition) is 1. The van der Waals surface area contributed by atoms with Crippen molar-refractivity contribution in [1.29, 1.82) is 0 Å². The van der Waals surface area contributed by atoms with Crippen LogP contribution in [0.4, 0.5) is 9.59 Å². The van der Waals surface area contributed by atoms with Gasteiger partial charge in [0.05, 0.1) is 12.3 Å². The largest absolute Gasteiger partial charge is 0.464 e. The van der Waals surface area contributed by atoms with Crippen molar-refractivity contribution in [2.75, 3.05) is 6.61 Å². The van der Waals surface area contributed by atoms with Crippen molar-refractivity contribution in [2.45, 2.75) is 52.4 Å². The maximum Gasteiger partial charge on any atom is 0.434 e. The molecule has 0 aromatic heterocycles. The van der Waals surface area contributed by atoms with Gasteiger partial charge in [-0.2, -0.15) is 4.99 Å². The van der Waals surface area contributed by atoms with Crippen molar-refractivity contribution in [2.24, 2.45) is 4.99 Å². The van der Waals surface area contributed by atoms with Gasteiger partial charge in [0.2, 0.25) is 0 Å². The number of aliphatic imine (C=N–C) groups is 1. The van der Waals surface area contributed by atoms with Gasteiger partial charge in [-0.3, -0.25) is 0 Å². The average molecular weight is 455 g/mol. The number of ether oxygens (including phenoxy) is 3. The number of esters is 1. The van der Waals surface area contributed by atoms with Crippen LogP contribution in [0.15, 0.2) is 65.7 Å². The van der Waals surface area contributed by atoms with E-state index in [1.54, 1.807) is 52.0 Å². The molecular weight excluding hydrogens is 424 g/mol. The highest BCUT2D eigenvalue weighted by Gasteiger charge is 2.28. The van der Waals surface area contributed by atoms with Gasteiger partial charge in [-0.1, -0.05) is 60.7 Å². The quantitative estimate of drug-likeness (QED) is 0.354. The van der Waals surface area contributed by atoms with E-state index in [-0.39, 0.29) is 25.3 Å². The van der Waals surface area contributed by atoms with Gasteiger partial charge >= 0.3 is 18.2 Å². The number of carbonyl (C=O) groups is 3. The first-order chi connectivity index (χ1) is 15.7. The molecule has 2 aromatic rings. The second-order valence-electron chi connectivity index (χ2n) is 8.12. The lowest BCUT2D eigenvalue weighted by atomic mass is 10.0. The second-order valence-corrected chi connectivity index (χ2v) is 8.12. The first-order valence-corrected chi connectivity index (χ1v) is 10.7.